The number of amides is 2. The Labute approximate surface area is 130 Å². The lowest BCUT2D eigenvalue weighted by molar-refractivity contribution is 0.167. The van der Waals surface area contributed by atoms with Gasteiger partial charge in [0.1, 0.15) is 5.01 Å². The summed E-state index contributed by atoms with van der Waals surface area (Å²) in [6, 6.07) is -0.354. The maximum atomic E-state index is 12.0. The Bertz CT molecular complexity index is 448. The predicted molar refractivity (Wildman–Crippen MR) is 85.8 cm³/mol. The molecule has 0 aliphatic carbocycles. The van der Waals surface area contributed by atoms with E-state index in [2.05, 4.69) is 34.7 Å². The van der Waals surface area contributed by atoms with Crippen LogP contribution in [0.3, 0.4) is 0 Å². The Balaban J connectivity index is 2.63. The molecule has 0 aliphatic rings. The van der Waals surface area contributed by atoms with Crippen molar-refractivity contribution in [3.8, 4) is 0 Å². The lowest BCUT2D eigenvalue weighted by Gasteiger charge is -2.27. The SMILES string of the molecule is CCCC(C)(CO)NC(=O)Nc1nnc(C(CC)CC)s1. The van der Waals surface area contributed by atoms with Gasteiger partial charge in [-0.3, -0.25) is 5.32 Å². The monoisotopic (exact) mass is 314 g/mol. The summed E-state index contributed by atoms with van der Waals surface area (Å²) in [5, 5.41) is 24.5. The number of rotatable bonds is 8. The summed E-state index contributed by atoms with van der Waals surface area (Å²) in [6.45, 7) is 7.98. The van der Waals surface area contributed by atoms with E-state index in [4.69, 9.17) is 0 Å². The van der Waals surface area contributed by atoms with Gasteiger partial charge in [-0.2, -0.15) is 0 Å². The number of nitrogens with one attached hydrogen (secondary N) is 2. The Morgan fingerprint density at radius 2 is 2.00 bits per heavy atom. The fraction of sp³-hybridized carbons (Fsp3) is 0.786. The van der Waals surface area contributed by atoms with Gasteiger partial charge in [-0.25, -0.2) is 4.79 Å². The minimum absolute atomic E-state index is 0.0939. The van der Waals surface area contributed by atoms with Gasteiger partial charge in [-0.1, -0.05) is 38.5 Å². The molecule has 1 heterocycles. The molecule has 0 bridgehead atoms. The largest absolute Gasteiger partial charge is 0.394 e. The molecule has 0 fully saturated rings. The van der Waals surface area contributed by atoms with Crippen LogP contribution in [0.15, 0.2) is 0 Å². The Hall–Kier alpha value is -1.21. The number of urea groups is 1. The van der Waals surface area contributed by atoms with Gasteiger partial charge < -0.3 is 10.4 Å². The highest BCUT2D eigenvalue weighted by atomic mass is 32.1. The summed E-state index contributed by atoms with van der Waals surface area (Å²) in [7, 11) is 0. The number of carbonyl (C=O) groups is 1. The average molecular weight is 314 g/mol. The quantitative estimate of drug-likeness (QED) is 0.688. The molecule has 0 radical (unpaired) electrons. The lowest BCUT2D eigenvalue weighted by atomic mass is 9.98. The van der Waals surface area contributed by atoms with Gasteiger partial charge in [-0.05, 0) is 26.2 Å². The molecule has 1 unspecified atom stereocenters. The van der Waals surface area contributed by atoms with Gasteiger partial charge in [0.05, 0.1) is 12.1 Å². The Morgan fingerprint density at radius 3 is 2.52 bits per heavy atom. The van der Waals surface area contributed by atoms with E-state index in [9.17, 15) is 9.90 Å². The van der Waals surface area contributed by atoms with Gasteiger partial charge in [-0.15, -0.1) is 10.2 Å². The highest BCUT2D eigenvalue weighted by Crippen LogP contribution is 2.28. The van der Waals surface area contributed by atoms with Crippen LogP contribution in [0, 0.1) is 0 Å². The van der Waals surface area contributed by atoms with Crippen LogP contribution in [0.2, 0.25) is 0 Å². The number of aliphatic hydroxyl groups excluding tert-OH is 1. The maximum Gasteiger partial charge on any atom is 0.321 e. The number of carbonyl (C=O) groups excluding carboxylic acids is 1. The summed E-state index contributed by atoms with van der Waals surface area (Å²) in [4.78, 5) is 12.0. The first-order chi connectivity index (χ1) is 9.97. The van der Waals surface area contributed by atoms with Crippen LogP contribution in [-0.2, 0) is 0 Å². The highest BCUT2D eigenvalue weighted by Gasteiger charge is 2.25. The van der Waals surface area contributed by atoms with Crippen molar-refractivity contribution in [2.75, 3.05) is 11.9 Å². The van der Waals surface area contributed by atoms with Crippen molar-refractivity contribution >= 4 is 22.5 Å². The van der Waals surface area contributed by atoms with E-state index >= 15 is 0 Å². The second-order valence-electron chi connectivity index (χ2n) is 5.51. The summed E-state index contributed by atoms with van der Waals surface area (Å²) in [5.74, 6) is 0.393. The molecule has 1 rings (SSSR count). The molecule has 6 nitrogen and oxygen atoms in total. The topological polar surface area (TPSA) is 87.1 Å². The Kier molecular flexibility index (Phi) is 7.04. The summed E-state index contributed by atoms with van der Waals surface area (Å²) < 4.78 is 0. The zero-order valence-electron chi connectivity index (χ0n) is 13.3. The average Bonchev–Trinajstić information content (AvgIpc) is 2.88. The number of nitrogens with zero attached hydrogens (tertiary/aromatic N) is 2. The molecular formula is C14H26N4O2S. The van der Waals surface area contributed by atoms with Crippen molar-refractivity contribution in [2.45, 2.75) is 64.8 Å². The minimum Gasteiger partial charge on any atom is -0.394 e. The third-order valence-corrected chi connectivity index (χ3v) is 4.56. The predicted octanol–water partition coefficient (Wildman–Crippen LogP) is 3.11. The van der Waals surface area contributed by atoms with Gasteiger partial charge in [0.2, 0.25) is 5.13 Å². The normalized spacial score (nSPS) is 14.0. The van der Waals surface area contributed by atoms with Crippen LogP contribution in [0.4, 0.5) is 9.93 Å². The molecule has 0 aliphatic heterocycles. The number of anilines is 1. The molecule has 0 spiro atoms. The van der Waals surface area contributed by atoms with Crippen LogP contribution in [0.5, 0.6) is 0 Å². The zero-order chi connectivity index (χ0) is 15.9. The summed E-state index contributed by atoms with van der Waals surface area (Å²) >= 11 is 1.41. The second-order valence-corrected chi connectivity index (χ2v) is 6.52. The van der Waals surface area contributed by atoms with Gasteiger partial charge in [0.15, 0.2) is 0 Å². The summed E-state index contributed by atoms with van der Waals surface area (Å²) in [6.07, 6.45) is 3.62. The highest BCUT2D eigenvalue weighted by molar-refractivity contribution is 7.15. The van der Waals surface area contributed by atoms with E-state index in [0.717, 1.165) is 24.3 Å². The van der Waals surface area contributed by atoms with E-state index in [1.807, 2.05) is 13.8 Å². The van der Waals surface area contributed by atoms with Crippen molar-refractivity contribution in [1.29, 1.82) is 0 Å². The first kappa shape index (κ1) is 17.8. The van der Waals surface area contributed by atoms with Crippen LogP contribution in [0.25, 0.3) is 0 Å². The third-order valence-electron chi connectivity index (χ3n) is 3.56. The molecule has 1 atom stereocenters. The molecule has 2 amide bonds. The van der Waals surface area contributed by atoms with Crippen LogP contribution in [-0.4, -0.2) is 33.5 Å². The van der Waals surface area contributed by atoms with Crippen molar-refractivity contribution in [3.63, 3.8) is 0 Å². The zero-order valence-corrected chi connectivity index (χ0v) is 14.1. The van der Waals surface area contributed by atoms with Crippen LogP contribution >= 0.6 is 11.3 Å². The van der Waals surface area contributed by atoms with E-state index < -0.39 is 5.54 Å². The third kappa shape index (κ3) is 5.24. The van der Waals surface area contributed by atoms with Crippen LogP contribution < -0.4 is 10.6 Å². The number of hydrogen-bond donors (Lipinski definition) is 3. The molecule has 0 aromatic carbocycles. The van der Waals surface area contributed by atoms with Crippen LogP contribution in [0.1, 0.15) is 64.3 Å². The van der Waals surface area contributed by atoms with Crippen molar-refractivity contribution in [3.05, 3.63) is 5.01 Å². The van der Waals surface area contributed by atoms with E-state index in [0.29, 0.717) is 17.5 Å². The molecule has 1 aromatic rings. The fourth-order valence-electron chi connectivity index (χ4n) is 2.22. The smallest absolute Gasteiger partial charge is 0.321 e. The molecule has 7 heteroatoms. The molecule has 120 valence electrons. The molecule has 3 N–H and O–H groups in total. The number of aromatic nitrogens is 2. The molecule has 21 heavy (non-hydrogen) atoms. The molecule has 1 aromatic heterocycles. The molecular weight excluding hydrogens is 288 g/mol. The van der Waals surface area contributed by atoms with Gasteiger partial charge in [0, 0.05) is 5.92 Å². The fourth-order valence-corrected chi connectivity index (χ4v) is 3.23. The lowest BCUT2D eigenvalue weighted by Crippen LogP contribution is -2.50. The Morgan fingerprint density at radius 1 is 1.33 bits per heavy atom. The van der Waals surface area contributed by atoms with Crippen molar-refractivity contribution in [2.24, 2.45) is 0 Å². The van der Waals surface area contributed by atoms with E-state index in [1.165, 1.54) is 11.3 Å². The van der Waals surface area contributed by atoms with Gasteiger partial charge >= 0.3 is 6.03 Å². The van der Waals surface area contributed by atoms with Gasteiger partial charge in [0.25, 0.3) is 0 Å². The first-order valence-corrected chi connectivity index (χ1v) is 8.33. The van der Waals surface area contributed by atoms with E-state index in [-0.39, 0.29) is 12.6 Å². The second kappa shape index (κ2) is 8.29. The molecule has 0 saturated heterocycles. The van der Waals surface area contributed by atoms with E-state index in [1.54, 1.807) is 0 Å². The minimum atomic E-state index is -0.609. The molecule has 0 saturated carbocycles. The maximum absolute atomic E-state index is 12.0. The van der Waals surface area contributed by atoms with Crippen molar-refractivity contribution in [1.82, 2.24) is 15.5 Å². The number of aliphatic hydroxyl groups is 1. The van der Waals surface area contributed by atoms with Crippen molar-refractivity contribution < 1.29 is 9.90 Å². The standard InChI is InChI=1S/C14H26N4O2S/c1-5-8-14(4,9-19)16-12(20)15-13-18-17-11(21-13)10(6-2)7-3/h10,19H,5-9H2,1-4H3,(H2,15,16,18,20). The number of hydrogen-bond acceptors (Lipinski definition) is 5. The summed E-state index contributed by atoms with van der Waals surface area (Å²) in [5.41, 5.74) is -0.609. The first-order valence-electron chi connectivity index (χ1n) is 7.51.